The number of rotatable bonds is 8. The Hall–Kier alpha value is -4.35. The maximum Gasteiger partial charge on any atom is 0.338 e. The maximum absolute atomic E-state index is 14.0. The van der Waals surface area contributed by atoms with Crippen molar-refractivity contribution in [3.63, 3.8) is 0 Å². The van der Waals surface area contributed by atoms with Crippen LogP contribution in [0.5, 0.6) is 11.5 Å². The third-order valence-corrected chi connectivity index (χ3v) is 10.1. The van der Waals surface area contributed by atoms with Gasteiger partial charge in [-0.05, 0) is 66.9 Å². The molecule has 3 unspecified atom stereocenters. The third kappa shape index (κ3) is 5.23. The van der Waals surface area contributed by atoms with Crippen molar-refractivity contribution in [3.05, 3.63) is 104 Å². The number of methoxy groups -OCH3 is 1. The van der Waals surface area contributed by atoms with Crippen molar-refractivity contribution >= 4 is 46.6 Å². The Balaban J connectivity index is 1.34. The van der Waals surface area contributed by atoms with Crippen molar-refractivity contribution in [1.82, 2.24) is 4.98 Å². The van der Waals surface area contributed by atoms with Crippen LogP contribution in [0.25, 0.3) is 0 Å². The lowest BCUT2D eigenvalue weighted by Gasteiger charge is -2.30. The number of amides is 2. The highest BCUT2D eigenvalue weighted by Gasteiger charge is 2.56. The lowest BCUT2D eigenvalue weighted by atomic mass is 9.83. The highest BCUT2D eigenvalue weighted by atomic mass is 32.2. The van der Waals surface area contributed by atoms with Gasteiger partial charge in [-0.3, -0.25) is 14.4 Å². The number of benzene rings is 3. The van der Waals surface area contributed by atoms with Crippen LogP contribution >= 0.6 is 23.1 Å². The van der Waals surface area contributed by atoms with Crippen LogP contribution in [0.15, 0.2) is 76.6 Å². The Morgan fingerprint density at radius 3 is 2.47 bits per heavy atom. The minimum atomic E-state index is -0.760. The van der Waals surface area contributed by atoms with Gasteiger partial charge in [-0.1, -0.05) is 53.4 Å². The van der Waals surface area contributed by atoms with Crippen LogP contribution in [0.2, 0.25) is 0 Å². The van der Waals surface area contributed by atoms with E-state index in [0.29, 0.717) is 39.3 Å². The molecule has 3 aromatic carbocycles. The monoisotopic (exact) mass is 616 g/mol. The number of thioether (sulfide) groups is 1. The van der Waals surface area contributed by atoms with Crippen LogP contribution < -0.4 is 19.2 Å². The number of aromatic nitrogens is 1. The normalized spacial score (nSPS) is 19.1. The first-order chi connectivity index (χ1) is 20.8. The number of H-pyrrole nitrogens is 1. The molecule has 2 aliphatic heterocycles. The summed E-state index contributed by atoms with van der Waals surface area (Å²) < 4.78 is 16.8. The molecule has 0 bridgehead atoms. The summed E-state index contributed by atoms with van der Waals surface area (Å²) >= 11 is 2.25. The first-order valence-corrected chi connectivity index (χ1v) is 15.4. The predicted octanol–water partition coefficient (Wildman–Crippen LogP) is 5.30. The molecule has 43 heavy (non-hydrogen) atoms. The molecule has 1 saturated heterocycles. The van der Waals surface area contributed by atoms with Crippen molar-refractivity contribution in [2.75, 3.05) is 18.6 Å². The van der Waals surface area contributed by atoms with Crippen LogP contribution in [0, 0.1) is 12.8 Å². The van der Waals surface area contributed by atoms with Gasteiger partial charge in [0.15, 0.2) is 11.5 Å². The van der Waals surface area contributed by atoms with E-state index < -0.39 is 23.1 Å². The number of nitrogens with zero attached hydrogens (tertiary/aromatic N) is 1. The number of hydrogen-bond acceptors (Lipinski definition) is 9. The molecule has 0 radical (unpaired) electrons. The van der Waals surface area contributed by atoms with Crippen molar-refractivity contribution in [2.24, 2.45) is 5.92 Å². The molecule has 11 heteroatoms. The number of carbonyl (C=O) groups excluding carboxylic acids is 3. The molecule has 0 spiro atoms. The molecule has 1 aromatic heterocycles. The largest absolute Gasteiger partial charge is 0.493 e. The molecule has 1 N–H and O–H groups in total. The predicted molar refractivity (Wildman–Crippen MR) is 163 cm³/mol. The number of imide groups is 1. The quantitative estimate of drug-likeness (QED) is 0.209. The molecule has 4 aromatic rings. The van der Waals surface area contributed by atoms with Crippen molar-refractivity contribution in [2.45, 2.75) is 36.6 Å². The number of aromatic amines is 1. The minimum Gasteiger partial charge on any atom is -0.493 e. The number of esters is 1. The van der Waals surface area contributed by atoms with Crippen LogP contribution in [0.1, 0.15) is 44.8 Å². The number of nitrogens with one attached hydrogen (secondary N) is 1. The van der Waals surface area contributed by atoms with E-state index >= 15 is 0 Å². The number of hydrogen-bond donors (Lipinski definition) is 1. The van der Waals surface area contributed by atoms with E-state index in [0.717, 1.165) is 28.0 Å². The van der Waals surface area contributed by atoms with Gasteiger partial charge in [0.25, 0.3) is 0 Å². The van der Waals surface area contributed by atoms with E-state index in [4.69, 9.17) is 14.2 Å². The highest BCUT2D eigenvalue weighted by Crippen LogP contribution is 2.53. The SMILES string of the molecule is CCOC(=O)c1ccc(N2C(=O)C3Sc4[nH]c(=O)sc4C(c4ccc(OCc5ccccc5C)c(OC)c4)C3C2=O)cc1. The van der Waals surface area contributed by atoms with Crippen LogP contribution in [-0.2, 0) is 20.9 Å². The van der Waals surface area contributed by atoms with Gasteiger partial charge in [0, 0.05) is 10.8 Å². The summed E-state index contributed by atoms with van der Waals surface area (Å²) in [5.74, 6) is -1.54. The van der Waals surface area contributed by atoms with Gasteiger partial charge in [-0.2, -0.15) is 0 Å². The van der Waals surface area contributed by atoms with Crippen molar-refractivity contribution in [1.29, 1.82) is 0 Å². The fourth-order valence-corrected chi connectivity index (χ4v) is 8.03. The van der Waals surface area contributed by atoms with Gasteiger partial charge >= 0.3 is 10.8 Å². The molecule has 3 atom stereocenters. The molecule has 3 heterocycles. The zero-order valence-electron chi connectivity index (χ0n) is 23.6. The summed E-state index contributed by atoms with van der Waals surface area (Å²) in [5, 5.41) is -0.163. The van der Waals surface area contributed by atoms with Crippen LogP contribution in [-0.4, -0.2) is 41.7 Å². The topological polar surface area (TPSA) is 115 Å². The molecule has 2 aliphatic rings. The lowest BCUT2D eigenvalue weighted by molar-refractivity contribution is -0.122. The molecule has 2 amide bonds. The van der Waals surface area contributed by atoms with Gasteiger partial charge in [0.2, 0.25) is 11.8 Å². The number of carbonyl (C=O) groups is 3. The summed E-state index contributed by atoms with van der Waals surface area (Å²) in [6, 6.07) is 19.6. The Bertz CT molecular complexity index is 1780. The Morgan fingerprint density at radius 2 is 1.74 bits per heavy atom. The first-order valence-electron chi connectivity index (χ1n) is 13.7. The number of thiazole rings is 1. The fourth-order valence-electron chi connectivity index (χ4n) is 5.52. The summed E-state index contributed by atoms with van der Waals surface area (Å²) in [7, 11) is 1.55. The molecule has 0 aliphatic carbocycles. The fraction of sp³-hybridized carbons (Fsp3) is 0.250. The molecular weight excluding hydrogens is 588 g/mol. The number of ether oxygens (including phenoxy) is 3. The minimum absolute atomic E-state index is 0.239. The molecular formula is C32H28N2O7S2. The summed E-state index contributed by atoms with van der Waals surface area (Å²) in [4.78, 5) is 56.8. The smallest absolute Gasteiger partial charge is 0.338 e. The Kier molecular flexibility index (Phi) is 7.85. The standard InChI is InChI=1S/C32H28N2O7S2/c1-4-40-31(37)18-9-12-21(13-10-18)34-29(35)25-24(26-28(33-32(38)43-26)42-27(25)30(34)36)19-11-14-22(23(15-19)39-3)41-16-20-8-6-5-7-17(20)2/h5-15,24-25,27H,4,16H2,1-3H3,(H,33,38). The molecule has 1 fully saturated rings. The van der Waals surface area contributed by atoms with Gasteiger partial charge in [0.05, 0.1) is 35.9 Å². The molecule has 0 saturated carbocycles. The van der Waals surface area contributed by atoms with E-state index in [1.165, 1.54) is 28.8 Å². The average molecular weight is 617 g/mol. The zero-order valence-corrected chi connectivity index (χ0v) is 25.3. The Labute approximate surface area is 255 Å². The molecule has 6 rings (SSSR count). The summed E-state index contributed by atoms with van der Waals surface area (Å²) in [6.07, 6.45) is 0. The second kappa shape index (κ2) is 11.7. The van der Waals surface area contributed by atoms with E-state index in [2.05, 4.69) is 4.98 Å². The lowest BCUT2D eigenvalue weighted by Crippen LogP contribution is -2.32. The summed E-state index contributed by atoms with van der Waals surface area (Å²) in [5.41, 5.74) is 3.58. The maximum atomic E-state index is 14.0. The van der Waals surface area contributed by atoms with E-state index in [1.54, 1.807) is 32.2 Å². The number of fused-ring (bicyclic) bond motifs is 2. The van der Waals surface area contributed by atoms with Crippen LogP contribution in [0.3, 0.4) is 0 Å². The van der Waals surface area contributed by atoms with Crippen molar-refractivity contribution in [3.8, 4) is 11.5 Å². The van der Waals surface area contributed by atoms with E-state index in [9.17, 15) is 19.2 Å². The molecule has 220 valence electrons. The molecule has 9 nitrogen and oxygen atoms in total. The zero-order chi connectivity index (χ0) is 30.2. The van der Waals surface area contributed by atoms with Gasteiger partial charge in [-0.15, -0.1) is 0 Å². The van der Waals surface area contributed by atoms with Crippen LogP contribution in [0.4, 0.5) is 5.69 Å². The number of aryl methyl sites for hydroxylation is 1. The second-order valence-electron chi connectivity index (χ2n) is 10.2. The first kappa shape index (κ1) is 28.8. The van der Waals surface area contributed by atoms with E-state index in [1.807, 2.05) is 43.3 Å². The second-order valence-corrected chi connectivity index (χ2v) is 12.3. The number of anilines is 1. The van der Waals surface area contributed by atoms with Gasteiger partial charge in [0.1, 0.15) is 11.9 Å². The van der Waals surface area contributed by atoms with Crippen molar-refractivity contribution < 1.29 is 28.6 Å². The van der Waals surface area contributed by atoms with Gasteiger partial charge < -0.3 is 19.2 Å². The third-order valence-electron chi connectivity index (χ3n) is 7.65. The Morgan fingerprint density at radius 1 is 0.977 bits per heavy atom. The average Bonchev–Trinajstić information content (AvgIpc) is 3.50. The highest BCUT2D eigenvalue weighted by molar-refractivity contribution is 8.00. The summed E-state index contributed by atoms with van der Waals surface area (Å²) in [6.45, 7) is 4.34. The van der Waals surface area contributed by atoms with E-state index in [-0.39, 0.29) is 23.3 Å². The van der Waals surface area contributed by atoms with Gasteiger partial charge in [-0.25, -0.2) is 9.69 Å².